The monoisotopic (exact) mass is 256 g/mol. The van der Waals surface area contributed by atoms with Gasteiger partial charge in [0, 0.05) is 10.2 Å². The molecule has 0 aliphatic rings. The summed E-state index contributed by atoms with van der Waals surface area (Å²) in [7, 11) is 0. The molecule has 1 rings (SSSR count). The van der Waals surface area contributed by atoms with Crippen LogP contribution in [0.2, 0.25) is 0 Å². The van der Waals surface area contributed by atoms with Crippen molar-refractivity contribution in [3.63, 3.8) is 0 Å². The number of hydrogen-bond acceptors (Lipinski definition) is 1. The van der Waals surface area contributed by atoms with E-state index in [4.69, 9.17) is 0 Å². The van der Waals surface area contributed by atoms with E-state index in [0.717, 1.165) is 5.33 Å². The van der Waals surface area contributed by atoms with E-state index >= 15 is 0 Å². The van der Waals surface area contributed by atoms with Crippen LogP contribution < -0.4 is 0 Å². The number of hydrogen-bond donors (Lipinski definition) is 0. The van der Waals surface area contributed by atoms with E-state index in [1.807, 2.05) is 0 Å². The van der Waals surface area contributed by atoms with Crippen molar-refractivity contribution in [3.8, 4) is 0 Å². The van der Waals surface area contributed by atoms with Gasteiger partial charge < -0.3 is 0 Å². The topological polar surface area (TPSA) is 0 Å². The van der Waals surface area contributed by atoms with E-state index in [9.17, 15) is 0 Å². The van der Waals surface area contributed by atoms with Crippen LogP contribution in [0.4, 0.5) is 0 Å². The first kappa shape index (κ1) is 10.9. The number of alkyl halides is 1. The van der Waals surface area contributed by atoms with Crippen LogP contribution in [0.1, 0.15) is 12.5 Å². The highest BCUT2D eigenvalue weighted by molar-refractivity contribution is 9.09. The van der Waals surface area contributed by atoms with E-state index in [2.05, 4.69) is 59.5 Å². The van der Waals surface area contributed by atoms with Gasteiger partial charge in [-0.25, -0.2) is 0 Å². The quantitative estimate of drug-likeness (QED) is 0.577. The third-order valence-electron chi connectivity index (χ3n) is 1.74. The summed E-state index contributed by atoms with van der Waals surface area (Å²) < 4.78 is 0. The first-order valence-corrected chi connectivity index (χ1v) is 6.48. The molecule has 0 aromatic heterocycles. The summed E-state index contributed by atoms with van der Waals surface area (Å²) in [4.78, 5) is 1.31. The second-order valence-electron chi connectivity index (χ2n) is 2.90. The van der Waals surface area contributed by atoms with Crippen molar-refractivity contribution < 1.29 is 0 Å². The lowest BCUT2D eigenvalue weighted by atomic mass is 10.1. The minimum atomic E-state index is 0.942. The number of benzene rings is 1. The second kappa shape index (κ2) is 5.51. The molecule has 0 heterocycles. The number of thioether (sulfide) groups is 1. The first-order chi connectivity index (χ1) is 6.26. The Morgan fingerprint density at radius 3 is 2.46 bits per heavy atom. The Labute approximate surface area is 92.6 Å². The van der Waals surface area contributed by atoms with Gasteiger partial charge >= 0.3 is 0 Å². The van der Waals surface area contributed by atoms with Crippen molar-refractivity contribution >= 4 is 33.8 Å². The molecule has 0 atom stereocenters. The molecule has 0 saturated heterocycles. The molecule has 0 N–H and O–H groups in total. The summed E-state index contributed by atoms with van der Waals surface area (Å²) >= 11 is 5.20. The van der Waals surface area contributed by atoms with Crippen LogP contribution >= 0.6 is 27.7 Å². The molecule has 0 unspecified atom stereocenters. The fraction of sp³-hybridized carbons (Fsp3) is 0.273. The molecule has 0 amide bonds. The highest BCUT2D eigenvalue weighted by atomic mass is 79.9. The molecule has 0 spiro atoms. The molecule has 2 heteroatoms. The average Bonchev–Trinajstić information content (AvgIpc) is 2.19. The van der Waals surface area contributed by atoms with Crippen LogP contribution in [0, 0.1) is 0 Å². The molecule has 0 fully saturated rings. The molecule has 0 saturated carbocycles. The molecule has 13 heavy (non-hydrogen) atoms. The van der Waals surface area contributed by atoms with Gasteiger partial charge in [0.15, 0.2) is 0 Å². The molecular weight excluding hydrogens is 244 g/mol. The largest absolute Gasteiger partial charge is 0.130 e. The maximum absolute atomic E-state index is 3.43. The molecule has 0 aliphatic heterocycles. The Balaban J connectivity index is 2.80. The van der Waals surface area contributed by atoms with Crippen molar-refractivity contribution in [1.29, 1.82) is 0 Å². The SMILES string of the molecule is CSc1ccc(/C=C(/C)CBr)cc1. The lowest BCUT2D eigenvalue weighted by Gasteiger charge is -1.98. The van der Waals surface area contributed by atoms with Gasteiger partial charge in [-0.3, -0.25) is 0 Å². The Morgan fingerprint density at radius 2 is 2.00 bits per heavy atom. The summed E-state index contributed by atoms with van der Waals surface area (Å²) in [6.45, 7) is 2.12. The number of rotatable bonds is 3. The van der Waals surface area contributed by atoms with E-state index in [1.54, 1.807) is 11.8 Å². The van der Waals surface area contributed by atoms with Crippen molar-refractivity contribution in [2.45, 2.75) is 11.8 Å². The Bertz CT molecular complexity index is 287. The van der Waals surface area contributed by atoms with Crippen LogP contribution in [0.15, 0.2) is 34.7 Å². The highest BCUT2D eigenvalue weighted by Crippen LogP contribution is 2.16. The van der Waals surface area contributed by atoms with Gasteiger partial charge in [0.1, 0.15) is 0 Å². The normalized spacial score (nSPS) is 11.8. The molecule has 0 radical (unpaired) electrons. The molecule has 70 valence electrons. The van der Waals surface area contributed by atoms with Gasteiger partial charge in [0.25, 0.3) is 0 Å². The van der Waals surface area contributed by atoms with E-state index in [0.29, 0.717) is 0 Å². The molecule has 0 bridgehead atoms. The fourth-order valence-electron chi connectivity index (χ4n) is 1.02. The van der Waals surface area contributed by atoms with Crippen LogP contribution in [0.3, 0.4) is 0 Å². The number of halogens is 1. The zero-order valence-electron chi connectivity index (χ0n) is 7.88. The molecular formula is C11H13BrS. The lowest BCUT2D eigenvalue weighted by molar-refractivity contribution is 1.42. The smallest absolute Gasteiger partial charge is 0.0242 e. The Kier molecular flexibility index (Phi) is 4.60. The summed E-state index contributed by atoms with van der Waals surface area (Å²) in [6, 6.07) is 8.60. The minimum Gasteiger partial charge on any atom is -0.130 e. The predicted octanol–water partition coefficient (Wildman–Crippen LogP) is 4.21. The van der Waals surface area contributed by atoms with Crippen molar-refractivity contribution in [2.24, 2.45) is 0 Å². The highest BCUT2D eigenvalue weighted by Gasteiger charge is 1.91. The van der Waals surface area contributed by atoms with Crippen molar-refractivity contribution in [1.82, 2.24) is 0 Å². The summed E-state index contributed by atoms with van der Waals surface area (Å²) in [6.07, 6.45) is 4.29. The van der Waals surface area contributed by atoms with E-state index in [-0.39, 0.29) is 0 Å². The van der Waals surface area contributed by atoms with Gasteiger partial charge in [0.2, 0.25) is 0 Å². The zero-order chi connectivity index (χ0) is 9.68. The summed E-state index contributed by atoms with van der Waals surface area (Å²) in [5.74, 6) is 0. The van der Waals surface area contributed by atoms with Gasteiger partial charge in [0.05, 0.1) is 0 Å². The van der Waals surface area contributed by atoms with Crippen LogP contribution in [-0.4, -0.2) is 11.6 Å². The van der Waals surface area contributed by atoms with Gasteiger partial charge in [-0.15, -0.1) is 11.8 Å². The lowest BCUT2D eigenvalue weighted by Crippen LogP contribution is -1.78. The second-order valence-corrected chi connectivity index (χ2v) is 4.34. The molecule has 1 aromatic rings. The predicted molar refractivity (Wildman–Crippen MR) is 65.7 cm³/mol. The first-order valence-electron chi connectivity index (χ1n) is 4.13. The van der Waals surface area contributed by atoms with E-state index < -0.39 is 0 Å². The van der Waals surface area contributed by atoms with Crippen molar-refractivity contribution in [3.05, 3.63) is 35.4 Å². The molecule has 1 aromatic carbocycles. The third kappa shape index (κ3) is 3.57. The standard InChI is InChI=1S/C11H13BrS/c1-9(8-12)7-10-3-5-11(13-2)6-4-10/h3-7H,8H2,1-2H3/b9-7-. The zero-order valence-corrected chi connectivity index (χ0v) is 10.3. The summed E-state index contributed by atoms with van der Waals surface area (Å²) in [5, 5.41) is 0.942. The maximum atomic E-state index is 3.43. The Hall–Kier alpha value is -0.210. The van der Waals surface area contributed by atoms with Crippen LogP contribution in [0.5, 0.6) is 0 Å². The van der Waals surface area contributed by atoms with Crippen LogP contribution in [0.25, 0.3) is 6.08 Å². The van der Waals surface area contributed by atoms with Gasteiger partial charge in [-0.2, -0.15) is 0 Å². The minimum absolute atomic E-state index is 0.942. The maximum Gasteiger partial charge on any atom is 0.0242 e. The number of allylic oxidation sites excluding steroid dienone is 1. The average molecular weight is 257 g/mol. The van der Waals surface area contributed by atoms with Gasteiger partial charge in [-0.1, -0.05) is 39.7 Å². The molecule has 0 nitrogen and oxygen atoms in total. The Morgan fingerprint density at radius 1 is 1.38 bits per heavy atom. The molecule has 0 aliphatic carbocycles. The fourth-order valence-corrected chi connectivity index (χ4v) is 1.59. The van der Waals surface area contributed by atoms with Crippen molar-refractivity contribution in [2.75, 3.05) is 11.6 Å². The van der Waals surface area contributed by atoms with E-state index in [1.165, 1.54) is 16.0 Å². The third-order valence-corrected chi connectivity index (χ3v) is 3.37. The summed E-state index contributed by atoms with van der Waals surface area (Å²) in [5.41, 5.74) is 2.62. The van der Waals surface area contributed by atoms with Gasteiger partial charge in [-0.05, 0) is 30.9 Å². The van der Waals surface area contributed by atoms with Crippen LogP contribution in [-0.2, 0) is 0 Å².